The number of carbonyl (C=O) groups is 1. The summed E-state index contributed by atoms with van der Waals surface area (Å²) in [5.41, 5.74) is 0. The minimum absolute atomic E-state index is 0.0492. The van der Waals surface area contributed by atoms with Crippen LogP contribution in [0.4, 0.5) is 0 Å². The first-order valence-electron chi connectivity index (χ1n) is 5.39. The van der Waals surface area contributed by atoms with E-state index in [1.54, 1.807) is 0 Å². The lowest BCUT2D eigenvalue weighted by molar-refractivity contribution is -0.143. The third-order valence-corrected chi connectivity index (χ3v) is 4.50. The molecule has 4 aliphatic carbocycles. The van der Waals surface area contributed by atoms with Crippen LogP contribution in [0.2, 0.25) is 0 Å². The molecule has 2 bridgehead atoms. The molecule has 5 aliphatic rings. The van der Waals surface area contributed by atoms with Gasteiger partial charge in [-0.3, -0.25) is 4.79 Å². The molecule has 0 aromatic carbocycles. The number of carbonyl (C=O) groups excluding carboxylic acids is 1. The molecule has 0 N–H and O–H groups in total. The number of hydrogen-bond acceptors (Lipinski definition) is 2. The van der Waals surface area contributed by atoms with Crippen molar-refractivity contribution in [1.82, 2.24) is 0 Å². The summed E-state index contributed by atoms with van der Waals surface area (Å²) in [6.45, 7) is 0.659. The molecule has 5 rings (SSSR count). The predicted octanol–water partition coefficient (Wildman–Crippen LogP) is 1.39. The van der Waals surface area contributed by atoms with Crippen LogP contribution >= 0.6 is 0 Å². The zero-order chi connectivity index (χ0) is 9.28. The van der Waals surface area contributed by atoms with Gasteiger partial charge in [-0.2, -0.15) is 0 Å². The molecule has 0 aromatic heterocycles. The molecule has 2 fully saturated rings. The molecule has 2 nitrogen and oxygen atoms in total. The molecule has 2 unspecified atom stereocenters. The van der Waals surface area contributed by atoms with E-state index in [0.717, 1.165) is 0 Å². The van der Waals surface area contributed by atoms with Gasteiger partial charge in [0.25, 0.3) is 0 Å². The first-order valence-corrected chi connectivity index (χ1v) is 5.39. The summed E-state index contributed by atoms with van der Waals surface area (Å²) in [6, 6.07) is 0. The summed E-state index contributed by atoms with van der Waals surface area (Å²) in [6.07, 6.45) is 9.15. The van der Waals surface area contributed by atoms with Crippen molar-refractivity contribution in [1.29, 1.82) is 0 Å². The highest BCUT2D eigenvalue weighted by Gasteiger charge is 2.58. The third kappa shape index (κ3) is 0.616. The summed E-state index contributed by atoms with van der Waals surface area (Å²) < 4.78 is 5.20. The minimum Gasteiger partial charge on any atom is -0.465 e. The van der Waals surface area contributed by atoms with E-state index in [0.29, 0.717) is 36.2 Å². The van der Waals surface area contributed by atoms with Crippen molar-refractivity contribution in [2.75, 3.05) is 6.61 Å². The highest BCUT2D eigenvalue weighted by molar-refractivity contribution is 5.76. The quantitative estimate of drug-likeness (QED) is 0.424. The largest absolute Gasteiger partial charge is 0.465 e. The van der Waals surface area contributed by atoms with Gasteiger partial charge in [0, 0.05) is 5.92 Å². The van der Waals surface area contributed by atoms with Crippen LogP contribution in [-0.4, -0.2) is 12.6 Å². The molecule has 0 radical (unpaired) electrons. The minimum atomic E-state index is 0.0492. The van der Waals surface area contributed by atoms with E-state index in [-0.39, 0.29) is 11.9 Å². The summed E-state index contributed by atoms with van der Waals surface area (Å²) >= 11 is 0. The first-order chi connectivity index (χ1) is 6.86. The Kier molecular flexibility index (Phi) is 1.10. The molecule has 0 aromatic rings. The Bertz CT molecular complexity index is 369. The van der Waals surface area contributed by atoms with Gasteiger partial charge < -0.3 is 4.74 Å². The second-order valence-electron chi connectivity index (χ2n) is 4.90. The van der Waals surface area contributed by atoms with Crippen LogP contribution in [0, 0.1) is 35.5 Å². The lowest BCUT2D eigenvalue weighted by Gasteiger charge is -2.51. The maximum atomic E-state index is 11.6. The summed E-state index contributed by atoms with van der Waals surface area (Å²) in [4.78, 5) is 11.6. The van der Waals surface area contributed by atoms with Crippen molar-refractivity contribution in [2.24, 2.45) is 35.5 Å². The molecule has 2 heteroatoms. The number of ether oxygens (including phenoxy) is 1. The number of hydrogen-bond donors (Lipinski definition) is 0. The molecule has 6 atom stereocenters. The molecule has 14 heavy (non-hydrogen) atoms. The molecule has 1 saturated heterocycles. The van der Waals surface area contributed by atoms with Crippen molar-refractivity contribution in [3.8, 4) is 0 Å². The summed E-state index contributed by atoms with van der Waals surface area (Å²) in [5, 5.41) is 0. The number of rotatable bonds is 0. The van der Waals surface area contributed by atoms with Crippen molar-refractivity contribution < 1.29 is 9.53 Å². The van der Waals surface area contributed by atoms with Crippen molar-refractivity contribution >= 4 is 5.97 Å². The lowest BCUT2D eigenvalue weighted by atomic mass is 9.50. The van der Waals surface area contributed by atoms with E-state index >= 15 is 0 Å². The van der Waals surface area contributed by atoms with Gasteiger partial charge in [-0.1, -0.05) is 24.3 Å². The summed E-state index contributed by atoms with van der Waals surface area (Å²) in [7, 11) is 0. The van der Waals surface area contributed by atoms with Crippen LogP contribution in [-0.2, 0) is 9.53 Å². The number of cyclic esters (lactones) is 1. The van der Waals surface area contributed by atoms with Gasteiger partial charge >= 0.3 is 5.97 Å². The SMILES string of the molecule is O=C1OC[C@@H]2[C@H]1[C@H]1C=C[C@H]2C2C=CC21. The Labute approximate surface area is 82.6 Å². The highest BCUT2D eigenvalue weighted by Crippen LogP contribution is 2.57. The second kappa shape index (κ2) is 2.13. The van der Waals surface area contributed by atoms with Gasteiger partial charge in [-0.05, 0) is 23.7 Å². The summed E-state index contributed by atoms with van der Waals surface area (Å²) in [5.74, 6) is 3.06. The molecule has 1 saturated carbocycles. The maximum Gasteiger partial charge on any atom is 0.310 e. The Morgan fingerprint density at radius 1 is 1.00 bits per heavy atom. The Morgan fingerprint density at radius 2 is 1.64 bits per heavy atom. The van der Waals surface area contributed by atoms with Crippen LogP contribution in [0.3, 0.4) is 0 Å². The highest BCUT2D eigenvalue weighted by atomic mass is 16.5. The van der Waals surface area contributed by atoms with Gasteiger partial charge in [-0.25, -0.2) is 0 Å². The van der Waals surface area contributed by atoms with E-state index in [1.807, 2.05) is 0 Å². The average molecular weight is 188 g/mol. The average Bonchev–Trinajstić information content (AvgIpc) is 2.50. The van der Waals surface area contributed by atoms with Crippen LogP contribution in [0.1, 0.15) is 0 Å². The second-order valence-corrected chi connectivity index (χ2v) is 4.90. The first kappa shape index (κ1) is 7.27. The van der Waals surface area contributed by atoms with Gasteiger partial charge in [0.05, 0.1) is 12.5 Å². The monoisotopic (exact) mass is 188 g/mol. The fourth-order valence-corrected chi connectivity index (χ4v) is 3.78. The number of esters is 1. The predicted molar refractivity (Wildman–Crippen MR) is 50.2 cm³/mol. The van der Waals surface area contributed by atoms with E-state index in [9.17, 15) is 4.79 Å². The Morgan fingerprint density at radius 3 is 2.43 bits per heavy atom. The molecular formula is C12H12O2. The van der Waals surface area contributed by atoms with Crippen LogP contribution in [0.5, 0.6) is 0 Å². The Hall–Kier alpha value is -1.05. The standard InChI is InChI=1S/C12H12O2/c13-12-11-9-4-3-8(10(11)5-14-12)6-1-2-7(6)9/h1-4,6-11H,5H2/t6?,7?,8-,9-,10-,11+/m0/s1. The smallest absolute Gasteiger partial charge is 0.310 e. The lowest BCUT2D eigenvalue weighted by Crippen LogP contribution is -2.50. The molecule has 72 valence electrons. The van der Waals surface area contributed by atoms with Gasteiger partial charge in [0.1, 0.15) is 0 Å². The van der Waals surface area contributed by atoms with Crippen molar-refractivity contribution in [3.63, 3.8) is 0 Å². The zero-order valence-electron chi connectivity index (χ0n) is 7.80. The van der Waals surface area contributed by atoms with Gasteiger partial charge in [-0.15, -0.1) is 0 Å². The number of allylic oxidation sites excluding steroid dienone is 4. The van der Waals surface area contributed by atoms with Gasteiger partial charge in [0.15, 0.2) is 0 Å². The Balaban J connectivity index is 1.85. The van der Waals surface area contributed by atoms with Crippen molar-refractivity contribution in [3.05, 3.63) is 24.3 Å². The molecule has 0 spiro atoms. The molecule has 1 aliphatic heterocycles. The molecule has 1 heterocycles. The third-order valence-electron chi connectivity index (χ3n) is 4.50. The van der Waals surface area contributed by atoms with E-state index < -0.39 is 0 Å². The van der Waals surface area contributed by atoms with Crippen LogP contribution < -0.4 is 0 Å². The van der Waals surface area contributed by atoms with Crippen molar-refractivity contribution in [2.45, 2.75) is 0 Å². The van der Waals surface area contributed by atoms with Gasteiger partial charge in [0.2, 0.25) is 0 Å². The molecular weight excluding hydrogens is 176 g/mol. The maximum absolute atomic E-state index is 11.6. The topological polar surface area (TPSA) is 26.3 Å². The normalized spacial score (nSPS) is 56.4. The molecule has 0 amide bonds. The van der Waals surface area contributed by atoms with Crippen LogP contribution in [0.15, 0.2) is 24.3 Å². The van der Waals surface area contributed by atoms with E-state index in [4.69, 9.17) is 4.74 Å². The fourth-order valence-electron chi connectivity index (χ4n) is 3.78. The van der Waals surface area contributed by atoms with E-state index in [1.165, 1.54) is 0 Å². The van der Waals surface area contributed by atoms with Crippen LogP contribution in [0.25, 0.3) is 0 Å². The fraction of sp³-hybridized carbons (Fsp3) is 0.583. The zero-order valence-corrected chi connectivity index (χ0v) is 7.80. The van der Waals surface area contributed by atoms with E-state index in [2.05, 4.69) is 24.3 Å².